The molecule has 2 nitrogen and oxygen atoms in total. The lowest BCUT2D eigenvalue weighted by Crippen LogP contribution is -2.30. The molecule has 0 spiro atoms. The van der Waals surface area contributed by atoms with Crippen LogP contribution in [0.25, 0.3) is 49.0 Å². The highest BCUT2D eigenvalue weighted by molar-refractivity contribution is 6.34. The van der Waals surface area contributed by atoms with Crippen LogP contribution in [0.3, 0.4) is 0 Å². The van der Waals surface area contributed by atoms with Gasteiger partial charge in [0.05, 0.1) is 22.4 Å². The zero-order valence-electron chi connectivity index (χ0n) is 23.1. The molecule has 1 aliphatic heterocycles. The van der Waals surface area contributed by atoms with Crippen LogP contribution in [0.2, 0.25) is 0 Å². The van der Waals surface area contributed by atoms with E-state index in [1.165, 1.54) is 77.2 Å². The Balaban J connectivity index is 1.27. The molecule has 0 radical (unpaired) electrons. The van der Waals surface area contributed by atoms with Gasteiger partial charge >= 0.3 is 0 Å². The molecular formula is C39H28N2. The monoisotopic (exact) mass is 524 g/mol. The van der Waals surface area contributed by atoms with Gasteiger partial charge in [-0.1, -0.05) is 98.8 Å². The van der Waals surface area contributed by atoms with Crippen molar-refractivity contribution < 1.29 is 0 Å². The highest BCUT2D eigenvalue weighted by Gasteiger charge is 2.36. The first-order chi connectivity index (χ1) is 20.1. The summed E-state index contributed by atoms with van der Waals surface area (Å²) in [5, 5.41) is 7.97. The zero-order chi connectivity index (χ0) is 27.3. The molecule has 41 heavy (non-hydrogen) atoms. The average molecular weight is 525 g/mol. The molecule has 7 aromatic carbocycles. The molecule has 0 saturated heterocycles. The van der Waals surface area contributed by atoms with E-state index in [0.717, 1.165) is 0 Å². The van der Waals surface area contributed by atoms with Crippen molar-refractivity contribution in [2.75, 3.05) is 4.90 Å². The average Bonchev–Trinajstić information content (AvgIpc) is 3.36. The van der Waals surface area contributed by atoms with Crippen LogP contribution in [0.5, 0.6) is 0 Å². The summed E-state index contributed by atoms with van der Waals surface area (Å²) < 4.78 is 2.44. The number of nitrogens with zero attached hydrogens (tertiary/aromatic N) is 2. The predicted molar refractivity (Wildman–Crippen MR) is 174 cm³/mol. The van der Waals surface area contributed by atoms with E-state index >= 15 is 0 Å². The van der Waals surface area contributed by atoms with Gasteiger partial charge in [-0.25, -0.2) is 0 Å². The number of fused-ring (bicyclic) bond motifs is 5. The van der Waals surface area contributed by atoms with Crippen LogP contribution in [0, 0.1) is 0 Å². The Bertz CT molecular complexity index is 2150. The quantitative estimate of drug-likeness (QED) is 0.204. The molecule has 8 aromatic rings. The van der Waals surface area contributed by atoms with Gasteiger partial charge in [-0.2, -0.15) is 0 Å². The van der Waals surface area contributed by atoms with Crippen LogP contribution in [-0.2, 0) is 5.41 Å². The summed E-state index contributed by atoms with van der Waals surface area (Å²) in [5.41, 5.74) is 9.98. The maximum atomic E-state index is 2.44. The first kappa shape index (κ1) is 22.7. The fourth-order valence-corrected chi connectivity index (χ4v) is 7.49. The van der Waals surface area contributed by atoms with Gasteiger partial charge in [-0.15, -0.1) is 0 Å². The third-order valence-corrected chi connectivity index (χ3v) is 9.33. The standard InChI is InChI=1S/C39H28N2/c1-39(2)31-15-5-7-17-33(31)40(34-18-8-6-16-32(34)39)25-21-23-26(24-22-25)41-35-19-9-13-29-27-11-3-4-12-28(27)30-14-10-20-36(41)38(30)37(29)35/h3-24H,1-2H3. The first-order valence-corrected chi connectivity index (χ1v) is 14.4. The SMILES string of the molecule is CC1(C)c2ccccc2N(c2ccc(-n3c4cccc5c6ccccc6c6cccc3c6c54)cc2)c2ccccc21. The van der Waals surface area contributed by atoms with Crippen LogP contribution < -0.4 is 4.90 Å². The Hall–Kier alpha value is -5.08. The molecule has 1 aliphatic rings. The Morgan fingerprint density at radius 3 is 1.39 bits per heavy atom. The molecule has 9 rings (SSSR count). The van der Waals surface area contributed by atoms with Crippen molar-refractivity contribution in [3.63, 3.8) is 0 Å². The number of hydrogen-bond donors (Lipinski definition) is 0. The summed E-state index contributed by atoms with van der Waals surface area (Å²) in [6.07, 6.45) is 0. The van der Waals surface area contributed by atoms with Crippen molar-refractivity contribution >= 4 is 60.4 Å². The van der Waals surface area contributed by atoms with Gasteiger partial charge in [0.15, 0.2) is 0 Å². The van der Waals surface area contributed by atoms with Crippen molar-refractivity contribution in [1.29, 1.82) is 0 Å². The summed E-state index contributed by atoms with van der Waals surface area (Å²) in [4.78, 5) is 2.42. The van der Waals surface area contributed by atoms with Gasteiger partial charge in [0.25, 0.3) is 0 Å². The summed E-state index contributed by atoms with van der Waals surface area (Å²) in [7, 11) is 0. The Morgan fingerprint density at radius 1 is 0.415 bits per heavy atom. The normalized spacial score (nSPS) is 14.2. The largest absolute Gasteiger partial charge is 0.310 e. The van der Waals surface area contributed by atoms with Gasteiger partial charge in [0.1, 0.15) is 0 Å². The van der Waals surface area contributed by atoms with Gasteiger partial charge in [-0.3, -0.25) is 0 Å². The first-order valence-electron chi connectivity index (χ1n) is 14.4. The highest BCUT2D eigenvalue weighted by atomic mass is 15.2. The van der Waals surface area contributed by atoms with E-state index in [2.05, 4.69) is 157 Å². The van der Waals surface area contributed by atoms with Crippen LogP contribution in [0.4, 0.5) is 17.1 Å². The number of aromatic nitrogens is 1. The molecule has 0 saturated carbocycles. The lowest BCUT2D eigenvalue weighted by Gasteiger charge is -2.42. The maximum Gasteiger partial charge on any atom is 0.0547 e. The summed E-state index contributed by atoms with van der Waals surface area (Å²) in [6, 6.07) is 49.1. The molecule has 2 heteroatoms. The number of para-hydroxylation sites is 2. The van der Waals surface area contributed by atoms with E-state index in [1.54, 1.807) is 0 Å². The van der Waals surface area contributed by atoms with Crippen LogP contribution in [0.1, 0.15) is 25.0 Å². The van der Waals surface area contributed by atoms with Crippen molar-refractivity contribution in [1.82, 2.24) is 4.57 Å². The molecule has 0 unspecified atom stereocenters. The van der Waals surface area contributed by atoms with Gasteiger partial charge in [0.2, 0.25) is 0 Å². The molecule has 0 fully saturated rings. The van der Waals surface area contributed by atoms with Crippen LogP contribution in [-0.4, -0.2) is 4.57 Å². The Kier molecular flexibility index (Phi) is 4.42. The predicted octanol–water partition coefficient (Wildman–Crippen LogP) is 10.6. The lowest BCUT2D eigenvalue weighted by atomic mass is 9.73. The third-order valence-electron chi connectivity index (χ3n) is 9.33. The topological polar surface area (TPSA) is 8.17 Å². The molecule has 2 heterocycles. The summed E-state index contributed by atoms with van der Waals surface area (Å²) in [6.45, 7) is 4.67. The van der Waals surface area contributed by atoms with Crippen LogP contribution >= 0.6 is 0 Å². The van der Waals surface area contributed by atoms with Gasteiger partial charge < -0.3 is 9.47 Å². The van der Waals surface area contributed by atoms with Crippen molar-refractivity contribution in [3.05, 3.63) is 145 Å². The maximum absolute atomic E-state index is 2.44. The Labute approximate surface area is 239 Å². The molecule has 1 aromatic heterocycles. The van der Waals surface area contributed by atoms with E-state index in [0.29, 0.717) is 0 Å². The summed E-state index contributed by atoms with van der Waals surface area (Å²) >= 11 is 0. The zero-order valence-corrected chi connectivity index (χ0v) is 23.1. The van der Waals surface area contributed by atoms with Gasteiger partial charge in [-0.05, 0) is 81.2 Å². The van der Waals surface area contributed by atoms with Crippen LogP contribution in [0.15, 0.2) is 133 Å². The molecule has 0 aliphatic carbocycles. The molecule has 0 bridgehead atoms. The molecule has 0 amide bonds. The van der Waals surface area contributed by atoms with Crippen molar-refractivity contribution in [2.24, 2.45) is 0 Å². The molecule has 0 N–H and O–H groups in total. The smallest absolute Gasteiger partial charge is 0.0547 e. The third kappa shape index (κ3) is 2.92. The minimum atomic E-state index is -0.0636. The molecular weight excluding hydrogens is 496 g/mol. The van der Waals surface area contributed by atoms with Crippen molar-refractivity contribution in [2.45, 2.75) is 19.3 Å². The number of rotatable bonds is 2. The minimum absolute atomic E-state index is 0.0636. The fourth-order valence-electron chi connectivity index (χ4n) is 7.49. The fraction of sp³-hybridized carbons (Fsp3) is 0.0769. The lowest BCUT2D eigenvalue weighted by molar-refractivity contribution is 0.632. The Morgan fingerprint density at radius 2 is 0.854 bits per heavy atom. The molecule has 0 atom stereocenters. The van der Waals surface area contributed by atoms with E-state index in [4.69, 9.17) is 0 Å². The molecule has 194 valence electrons. The summed E-state index contributed by atoms with van der Waals surface area (Å²) in [5.74, 6) is 0. The second-order valence-corrected chi connectivity index (χ2v) is 11.8. The van der Waals surface area contributed by atoms with E-state index in [1.807, 2.05) is 0 Å². The van der Waals surface area contributed by atoms with E-state index in [-0.39, 0.29) is 5.41 Å². The van der Waals surface area contributed by atoms with Crippen molar-refractivity contribution in [3.8, 4) is 5.69 Å². The minimum Gasteiger partial charge on any atom is -0.310 e. The van der Waals surface area contributed by atoms with E-state index in [9.17, 15) is 0 Å². The number of hydrogen-bond acceptors (Lipinski definition) is 1. The number of benzene rings is 7. The second-order valence-electron chi connectivity index (χ2n) is 11.8. The van der Waals surface area contributed by atoms with E-state index < -0.39 is 0 Å². The second kappa shape index (κ2) is 7.99. The van der Waals surface area contributed by atoms with Gasteiger partial charge in [0, 0.05) is 27.6 Å². The number of anilines is 3. The highest BCUT2D eigenvalue weighted by Crippen LogP contribution is 2.52.